The topological polar surface area (TPSA) is 121 Å². The maximum atomic E-state index is 13.9. The molecule has 9 heteroatoms. The molecule has 166 valence electrons. The maximum Gasteiger partial charge on any atom is 0.335 e. The molecule has 0 aliphatic carbocycles. The van der Waals surface area contributed by atoms with Crippen LogP contribution in [0.15, 0.2) is 65.8 Å². The number of rotatable bonds is 8. The van der Waals surface area contributed by atoms with Gasteiger partial charge in [0.25, 0.3) is 5.91 Å². The normalized spacial score (nSPS) is 10.5. The lowest BCUT2D eigenvalue weighted by Crippen LogP contribution is -2.19. The van der Waals surface area contributed by atoms with Crippen LogP contribution < -0.4 is 14.9 Å². The van der Waals surface area contributed by atoms with E-state index < -0.39 is 17.7 Å². The van der Waals surface area contributed by atoms with Crippen molar-refractivity contribution < 1.29 is 28.6 Å². The van der Waals surface area contributed by atoms with Crippen molar-refractivity contribution >= 4 is 18.1 Å². The third kappa shape index (κ3) is 5.92. The van der Waals surface area contributed by atoms with Crippen LogP contribution in [0.4, 0.5) is 4.39 Å². The van der Waals surface area contributed by atoms with Gasteiger partial charge in [-0.3, -0.25) is 4.79 Å². The largest absolute Gasteiger partial charge is 0.493 e. The first-order chi connectivity index (χ1) is 15.9. The highest BCUT2D eigenvalue weighted by Gasteiger charge is 2.12. The second-order valence-corrected chi connectivity index (χ2v) is 6.71. The molecular formula is C24H18FN3O5. The number of ether oxygens (including phenoxy) is 2. The highest BCUT2D eigenvalue weighted by Crippen LogP contribution is 2.28. The number of aromatic carboxylic acids is 1. The van der Waals surface area contributed by atoms with Crippen LogP contribution in [0.25, 0.3) is 0 Å². The molecule has 0 spiro atoms. The molecule has 0 unspecified atom stereocenters. The maximum absolute atomic E-state index is 13.9. The minimum absolute atomic E-state index is 0.108. The van der Waals surface area contributed by atoms with Crippen LogP contribution in [-0.4, -0.2) is 30.3 Å². The third-order valence-corrected chi connectivity index (χ3v) is 4.48. The summed E-state index contributed by atoms with van der Waals surface area (Å²) < 4.78 is 25.0. The molecule has 33 heavy (non-hydrogen) atoms. The number of halogens is 1. The van der Waals surface area contributed by atoms with E-state index in [2.05, 4.69) is 10.5 Å². The summed E-state index contributed by atoms with van der Waals surface area (Å²) in [6.07, 6.45) is 1.35. The Kier molecular flexibility index (Phi) is 7.34. The van der Waals surface area contributed by atoms with Gasteiger partial charge in [-0.15, -0.1) is 0 Å². The van der Waals surface area contributed by atoms with Crippen LogP contribution in [0.5, 0.6) is 11.5 Å². The minimum atomic E-state index is -1.02. The third-order valence-electron chi connectivity index (χ3n) is 4.48. The van der Waals surface area contributed by atoms with Gasteiger partial charge in [-0.1, -0.05) is 12.1 Å². The Morgan fingerprint density at radius 1 is 1.15 bits per heavy atom. The van der Waals surface area contributed by atoms with Gasteiger partial charge in [-0.25, -0.2) is 14.6 Å². The Morgan fingerprint density at radius 2 is 1.97 bits per heavy atom. The van der Waals surface area contributed by atoms with E-state index in [0.717, 1.165) is 6.07 Å². The zero-order valence-corrected chi connectivity index (χ0v) is 17.4. The summed E-state index contributed by atoms with van der Waals surface area (Å²) in [5, 5.41) is 21.7. The van der Waals surface area contributed by atoms with Crippen molar-refractivity contribution in [1.29, 1.82) is 5.26 Å². The Hall–Kier alpha value is -4.71. The number of carboxylic acid groups (broad SMARTS) is 1. The molecule has 2 N–H and O–H groups in total. The summed E-state index contributed by atoms with van der Waals surface area (Å²) in [5.41, 5.74) is 3.52. The molecule has 3 rings (SSSR count). The van der Waals surface area contributed by atoms with Crippen LogP contribution in [0.2, 0.25) is 0 Å². The number of carboxylic acids is 1. The number of nitriles is 1. The molecule has 0 atom stereocenters. The first-order valence-electron chi connectivity index (χ1n) is 9.57. The van der Waals surface area contributed by atoms with Gasteiger partial charge in [-0.05, 0) is 59.7 Å². The van der Waals surface area contributed by atoms with Crippen LogP contribution in [-0.2, 0) is 6.61 Å². The van der Waals surface area contributed by atoms with E-state index >= 15 is 0 Å². The molecule has 0 heterocycles. The fraction of sp³-hybridized carbons (Fsp3) is 0.0833. The number of hydrogen-bond acceptors (Lipinski definition) is 6. The van der Waals surface area contributed by atoms with Gasteiger partial charge in [0, 0.05) is 0 Å². The first kappa shape index (κ1) is 23.0. The SMILES string of the molecule is COc1cc(/C=N\NC(=O)c2ccc(C#N)cc2F)ccc1OCc1cccc(C(=O)O)c1. The second kappa shape index (κ2) is 10.5. The van der Waals surface area contributed by atoms with Crippen molar-refractivity contribution in [1.82, 2.24) is 5.43 Å². The van der Waals surface area contributed by atoms with E-state index in [9.17, 15) is 14.0 Å². The summed E-state index contributed by atoms with van der Waals surface area (Å²) in [6.45, 7) is 0.136. The number of nitrogens with one attached hydrogen (secondary N) is 1. The monoisotopic (exact) mass is 447 g/mol. The van der Waals surface area contributed by atoms with E-state index in [0.29, 0.717) is 22.6 Å². The van der Waals surface area contributed by atoms with E-state index in [-0.39, 0.29) is 23.3 Å². The Bertz CT molecular complexity index is 1270. The van der Waals surface area contributed by atoms with Gasteiger partial charge in [0.1, 0.15) is 12.4 Å². The fourth-order valence-corrected chi connectivity index (χ4v) is 2.83. The number of nitrogens with zero attached hydrogens (tertiary/aromatic N) is 2. The van der Waals surface area contributed by atoms with Crippen LogP contribution in [0.3, 0.4) is 0 Å². The van der Waals surface area contributed by atoms with Crippen LogP contribution >= 0.6 is 0 Å². The molecule has 0 saturated heterocycles. The fourth-order valence-electron chi connectivity index (χ4n) is 2.83. The highest BCUT2D eigenvalue weighted by atomic mass is 19.1. The number of methoxy groups -OCH3 is 1. The zero-order valence-electron chi connectivity index (χ0n) is 17.4. The Labute approximate surface area is 188 Å². The van der Waals surface area contributed by atoms with Crippen molar-refractivity contribution in [3.8, 4) is 17.6 Å². The Balaban J connectivity index is 1.65. The smallest absolute Gasteiger partial charge is 0.335 e. The first-order valence-corrected chi connectivity index (χ1v) is 9.57. The summed E-state index contributed by atoms with van der Waals surface area (Å²) in [6, 6.07) is 16.7. The molecule has 0 bridgehead atoms. The average molecular weight is 447 g/mol. The molecule has 0 radical (unpaired) electrons. The molecule has 0 fully saturated rings. The van der Waals surface area contributed by atoms with Gasteiger partial charge in [-0.2, -0.15) is 10.4 Å². The molecule has 8 nitrogen and oxygen atoms in total. The standard InChI is InChI=1S/C24H18FN3O5/c1-32-22-11-16(13-27-28-23(29)19-7-5-15(12-26)10-20(19)25)6-8-21(22)33-14-17-3-2-4-18(9-17)24(30)31/h2-11,13H,14H2,1H3,(H,28,29)(H,30,31)/b27-13-. The van der Waals surface area contributed by atoms with Crippen molar-refractivity contribution in [3.05, 3.63) is 94.3 Å². The van der Waals surface area contributed by atoms with E-state index in [1.165, 1.54) is 37.6 Å². The van der Waals surface area contributed by atoms with Crippen molar-refractivity contribution in [2.75, 3.05) is 7.11 Å². The van der Waals surface area contributed by atoms with Crippen LogP contribution in [0.1, 0.15) is 37.4 Å². The summed E-state index contributed by atoms with van der Waals surface area (Å²) >= 11 is 0. The molecular weight excluding hydrogens is 429 g/mol. The molecule has 0 saturated carbocycles. The second-order valence-electron chi connectivity index (χ2n) is 6.71. The minimum Gasteiger partial charge on any atom is -0.493 e. The Morgan fingerprint density at radius 3 is 2.67 bits per heavy atom. The van der Waals surface area contributed by atoms with Gasteiger partial charge in [0.2, 0.25) is 0 Å². The number of carbonyl (C=O) groups excluding carboxylic acids is 1. The molecule has 0 aliphatic rings. The van der Waals surface area contributed by atoms with Crippen molar-refractivity contribution in [3.63, 3.8) is 0 Å². The lowest BCUT2D eigenvalue weighted by molar-refractivity contribution is 0.0696. The number of hydrazone groups is 1. The number of carbonyl (C=O) groups is 2. The van der Waals surface area contributed by atoms with Gasteiger partial charge in [0.05, 0.1) is 36.1 Å². The van der Waals surface area contributed by atoms with Gasteiger partial charge in [0.15, 0.2) is 11.5 Å². The molecule has 3 aromatic carbocycles. The van der Waals surface area contributed by atoms with E-state index in [4.69, 9.17) is 19.8 Å². The number of benzene rings is 3. The lowest BCUT2D eigenvalue weighted by Gasteiger charge is -2.11. The average Bonchev–Trinajstić information content (AvgIpc) is 2.82. The summed E-state index contributed by atoms with van der Waals surface area (Å²) in [4.78, 5) is 23.2. The van der Waals surface area contributed by atoms with E-state index in [1.54, 1.807) is 36.4 Å². The van der Waals surface area contributed by atoms with Crippen molar-refractivity contribution in [2.24, 2.45) is 5.10 Å². The number of amides is 1. The van der Waals surface area contributed by atoms with Gasteiger partial charge < -0.3 is 14.6 Å². The molecule has 1 amide bonds. The van der Waals surface area contributed by atoms with Crippen LogP contribution in [0, 0.1) is 17.1 Å². The number of hydrogen-bond donors (Lipinski definition) is 2. The van der Waals surface area contributed by atoms with Gasteiger partial charge >= 0.3 is 5.97 Å². The van der Waals surface area contributed by atoms with Crippen molar-refractivity contribution in [2.45, 2.75) is 6.61 Å². The predicted octanol–water partition coefficient (Wildman–Crippen LogP) is 3.75. The summed E-state index contributed by atoms with van der Waals surface area (Å²) in [7, 11) is 1.46. The lowest BCUT2D eigenvalue weighted by atomic mass is 10.1. The molecule has 3 aromatic rings. The molecule has 0 aromatic heterocycles. The highest BCUT2D eigenvalue weighted by molar-refractivity contribution is 5.95. The zero-order chi connectivity index (χ0) is 23.8. The predicted molar refractivity (Wildman–Crippen MR) is 117 cm³/mol. The quantitative estimate of drug-likeness (QED) is 0.401. The van der Waals surface area contributed by atoms with E-state index in [1.807, 2.05) is 0 Å². The molecule has 0 aliphatic heterocycles. The summed E-state index contributed by atoms with van der Waals surface area (Å²) in [5.74, 6) is -1.77.